The zero-order valence-electron chi connectivity index (χ0n) is 48.0. The van der Waals surface area contributed by atoms with E-state index in [1.54, 1.807) is 0 Å². The first kappa shape index (κ1) is 52.7. The van der Waals surface area contributed by atoms with Gasteiger partial charge in [0.05, 0.1) is 5.69 Å². The molecule has 8 aromatic rings. The number of hydrogen-bond acceptors (Lipinski definition) is 2. The minimum atomic E-state index is 0.0193. The van der Waals surface area contributed by atoms with Crippen LogP contribution in [0.1, 0.15) is 117 Å². The van der Waals surface area contributed by atoms with Crippen LogP contribution in [0.5, 0.6) is 0 Å². The highest BCUT2D eigenvalue weighted by molar-refractivity contribution is 6.22. The van der Waals surface area contributed by atoms with E-state index in [1.807, 2.05) is 6.08 Å². The van der Waals surface area contributed by atoms with Crippen molar-refractivity contribution in [2.24, 2.45) is 11.3 Å². The van der Waals surface area contributed by atoms with Crippen molar-refractivity contribution >= 4 is 55.6 Å². The van der Waals surface area contributed by atoms with Gasteiger partial charge >= 0.3 is 0 Å². The molecule has 0 fully saturated rings. The van der Waals surface area contributed by atoms with Gasteiger partial charge in [-0.25, -0.2) is 0 Å². The van der Waals surface area contributed by atoms with Gasteiger partial charge in [0.25, 0.3) is 0 Å². The van der Waals surface area contributed by atoms with Crippen molar-refractivity contribution in [1.82, 2.24) is 0 Å². The molecule has 0 bridgehead atoms. The van der Waals surface area contributed by atoms with Crippen LogP contribution in [-0.4, -0.2) is 0 Å². The number of nitrogens with zero attached hydrogens (tertiary/aromatic N) is 2. The Hall–Kier alpha value is -7.68. The van der Waals surface area contributed by atoms with Crippen molar-refractivity contribution < 1.29 is 0 Å². The van der Waals surface area contributed by atoms with Gasteiger partial charge in [0.2, 0.25) is 0 Å². The van der Waals surface area contributed by atoms with Gasteiger partial charge in [0.15, 0.2) is 0 Å². The van der Waals surface area contributed by atoms with E-state index >= 15 is 0 Å². The molecule has 77 heavy (non-hydrogen) atoms. The van der Waals surface area contributed by atoms with E-state index in [0.29, 0.717) is 0 Å². The van der Waals surface area contributed by atoms with E-state index in [2.05, 4.69) is 307 Å². The predicted molar refractivity (Wildman–Crippen MR) is 335 cm³/mol. The Balaban J connectivity index is 1.23. The van der Waals surface area contributed by atoms with Crippen molar-refractivity contribution in [2.45, 2.75) is 113 Å². The molecule has 0 amide bonds. The number of hydrogen-bond donors (Lipinski definition) is 0. The van der Waals surface area contributed by atoms with E-state index in [4.69, 9.17) is 0 Å². The lowest BCUT2D eigenvalue weighted by Crippen LogP contribution is -2.42. The standard InChI is InChI=1S/C75H78N2/c1-15-56(25-24-46-72(3,4)5)76(57-40-34-53(35-41-57)73(6,7)8)70-64-30-20-16-26-60(64)68(61-27-17-21-31-65(61)70)51-47-50(2)48-52(49-51)69-62-28-18-22-32-66(62)71(67-33-23-19-29-63(67)69)77(58-42-36-54(37-43-58)74(9,10)11)59-44-38-55(39-45-59)75(12,13)14/h15-32,34-49,67H,1,33H2,2-14H3/b46-24+,56-25+. The fourth-order valence-electron chi connectivity index (χ4n) is 11.6. The molecular weight excluding hydrogens is 929 g/mol. The van der Waals surface area contributed by atoms with Crippen LogP contribution < -0.4 is 20.2 Å². The van der Waals surface area contributed by atoms with Crippen molar-refractivity contribution in [2.75, 3.05) is 9.80 Å². The van der Waals surface area contributed by atoms with Crippen molar-refractivity contribution in [3.8, 4) is 11.1 Å². The molecule has 2 aliphatic carbocycles. The van der Waals surface area contributed by atoms with Gasteiger partial charge < -0.3 is 9.80 Å². The Bertz CT molecular complexity index is 3690. The number of aryl methyl sites for hydroxylation is 1. The summed E-state index contributed by atoms with van der Waals surface area (Å²) in [6.45, 7) is 34.0. The normalized spacial score (nSPS) is 15.2. The fraction of sp³-hybridized carbons (Fsp3) is 0.253. The fourth-order valence-corrected chi connectivity index (χ4v) is 11.6. The molecule has 388 valence electrons. The third-order valence-corrected chi connectivity index (χ3v) is 15.6. The summed E-state index contributed by atoms with van der Waals surface area (Å²) in [5.41, 5.74) is 18.5. The molecule has 2 heteroatoms. The highest BCUT2D eigenvalue weighted by atomic mass is 15.2. The minimum absolute atomic E-state index is 0.0193. The first-order valence-electron chi connectivity index (χ1n) is 27.8. The first-order chi connectivity index (χ1) is 36.6. The number of anilines is 4. The summed E-state index contributed by atoms with van der Waals surface area (Å²) in [7, 11) is 0. The quantitative estimate of drug-likeness (QED) is 0.0995. The molecule has 0 radical (unpaired) electrons. The van der Waals surface area contributed by atoms with Crippen molar-refractivity contribution in [3.05, 3.63) is 262 Å². The van der Waals surface area contributed by atoms with Gasteiger partial charge in [-0.3, -0.25) is 0 Å². The Morgan fingerprint density at radius 3 is 1.49 bits per heavy atom. The number of fused-ring (bicyclic) bond motifs is 4. The molecule has 2 nitrogen and oxygen atoms in total. The van der Waals surface area contributed by atoms with Crippen molar-refractivity contribution in [1.29, 1.82) is 0 Å². The third-order valence-electron chi connectivity index (χ3n) is 15.6. The van der Waals surface area contributed by atoms with Gasteiger partial charge in [0.1, 0.15) is 0 Å². The van der Waals surface area contributed by atoms with Crippen LogP contribution in [-0.2, 0) is 16.2 Å². The molecule has 8 aromatic carbocycles. The van der Waals surface area contributed by atoms with E-state index in [-0.39, 0.29) is 27.6 Å². The average Bonchev–Trinajstić information content (AvgIpc) is 3.47. The lowest BCUT2D eigenvalue weighted by atomic mass is 9.75. The molecule has 0 saturated carbocycles. The SMILES string of the molecule is C=C/C(=C\C=C\C(C)(C)C)N(c1ccc(C(C)(C)C)cc1)c1c2ccccc2c(-c2cc(C)cc(C3=c4ccccc4=C(N(c4ccc(C(C)(C)C)cc4)c4ccc(C(C)(C)C)cc4)C4CC=CC=C34)c2)c2ccccc12. The second-order valence-electron chi connectivity index (χ2n) is 25.6. The highest BCUT2D eigenvalue weighted by Gasteiger charge is 2.34. The lowest BCUT2D eigenvalue weighted by Gasteiger charge is -2.38. The van der Waals surface area contributed by atoms with Gasteiger partial charge in [-0.1, -0.05) is 241 Å². The van der Waals surface area contributed by atoms with Crippen LogP contribution in [0, 0.1) is 18.3 Å². The third kappa shape index (κ3) is 10.5. The second-order valence-corrected chi connectivity index (χ2v) is 25.6. The van der Waals surface area contributed by atoms with Gasteiger partial charge in [0, 0.05) is 50.4 Å². The molecule has 0 N–H and O–H groups in total. The van der Waals surface area contributed by atoms with Gasteiger partial charge in [-0.05, 0) is 156 Å². The summed E-state index contributed by atoms with van der Waals surface area (Å²) in [4.78, 5) is 4.99. The number of rotatable bonds is 10. The molecular formula is C75H78N2. The number of allylic oxidation sites excluding steroid dienone is 7. The number of benzene rings is 8. The summed E-state index contributed by atoms with van der Waals surface area (Å²) in [6, 6.07) is 62.3. The van der Waals surface area contributed by atoms with E-state index in [9.17, 15) is 0 Å². The molecule has 0 saturated heterocycles. The Morgan fingerprint density at radius 1 is 0.532 bits per heavy atom. The molecule has 2 aliphatic rings. The molecule has 1 unspecified atom stereocenters. The summed E-state index contributed by atoms with van der Waals surface area (Å²) < 4.78 is 0. The average molecular weight is 1010 g/mol. The Kier molecular flexibility index (Phi) is 13.9. The van der Waals surface area contributed by atoms with Crippen LogP contribution in [0.3, 0.4) is 0 Å². The maximum Gasteiger partial charge on any atom is 0.0618 e. The van der Waals surface area contributed by atoms with Crippen molar-refractivity contribution in [3.63, 3.8) is 0 Å². The van der Waals surface area contributed by atoms with Crippen LogP contribution >= 0.6 is 0 Å². The summed E-state index contributed by atoms with van der Waals surface area (Å²) in [5.74, 6) is 0.105. The molecule has 10 rings (SSSR count). The summed E-state index contributed by atoms with van der Waals surface area (Å²) >= 11 is 0. The maximum atomic E-state index is 4.45. The molecule has 0 aliphatic heterocycles. The molecule has 1 atom stereocenters. The van der Waals surface area contributed by atoms with Crippen LogP contribution in [0.15, 0.2) is 224 Å². The molecule has 0 spiro atoms. The Morgan fingerprint density at radius 2 is 1.00 bits per heavy atom. The largest absolute Gasteiger partial charge is 0.313 e. The minimum Gasteiger partial charge on any atom is -0.313 e. The smallest absolute Gasteiger partial charge is 0.0618 e. The highest BCUT2D eigenvalue weighted by Crippen LogP contribution is 2.49. The predicted octanol–water partition coefficient (Wildman–Crippen LogP) is 19.3. The van der Waals surface area contributed by atoms with Crippen LogP contribution in [0.2, 0.25) is 0 Å². The second kappa shape index (κ2) is 20.4. The molecule has 0 aromatic heterocycles. The molecule has 0 heterocycles. The van der Waals surface area contributed by atoms with E-state index in [0.717, 1.165) is 23.5 Å². The summed E-state index contributed by atoms with van der Waals surface area (Å²) in [5, 5.41) is 7.28. The lowest BCUT2D eigenvalue weighted by molar-refractivity contribution is 0.544. The monoisotopic (exact) mass is 1010 g/mol. The van der Waals surface area contributed by atoms with Crippen LogP contribution in [0.25, 0.3) is 43.9 Å². The van der Waals surface area contributed by atoms with Crippen LogP contribution in [0.4, 0.5) is 22.7 Å². The zero-order valence-corrected chi connectivity index (χ0v) is 48.0. The van der Waals surface area contributed by atoms with E-state index < -0.39 is 0 Å². The summed E-state index contributed by atoms with van der Waals surface area (Å²) in [6.07, 6.45) is 16.6. The zero-order chi connectivity index (χ0) is 54.6. The maximum absolute atomic E-state index is 4.45. The first-order valence-corrected chi connectivity index (χ1v) is 27.8. The van der Waals surface area contributed by atoms with Gasteiger partial charge in [-0.15, -0.1) is 0 Å². The van der Waals surface area contributed by atoms with E-state index in [1.165, 1.54) is 99.1 Å². The Labute approximate surface area is 460 Å². The topological polar surface area (TPSA) is 6.48 Å². The van der Waals surface area contributed by atoms with Gasteiger partial charge in [-0.2, -0.15) is 0 Å².